The van der Waals surface area contributed by atoms with Crippen LogP contribution in [0.3, 0.4) is 0 Å². The zero-order valence-electron chi connectivity index (χ0n) is 14.4. The predicted octanol–water partition coefficient (Wildman–Crippen LogP) is 3.80. The molecule has 0 amide bonds. The van der Waals surface area contributed by atoms with Gasteiger partial charge in [-0.1, -0.05) is 49.4 Å². The van der Waals surface area contributed by atoms with Gasteiger partial charge in [-0.3, -0.25) is 9.59 Å². The molecule has 1 aromatic heterocycles. The van der Waals surface area contributed by atoms with Gasteiger partial charge in [-0.2, -0.15) is 0 Å². The lowest BCUT2D eigenvalue weighted by atomic mass is 9.97. The molecule has 4 nitrogen and oxygen atoms in total. The van der Waals surface area contributed by atoms with Gasteiger partial charge < -0.3 is 9.67 Å². The number of para-hydroxylation sites is 1. The van der Waals surface area contributed by atoms with E-state index in [4.69, 9.17) is 0 Å². The number of benzene rings is 2. The number of fused-ring (bicyclic) bond motifs is 1. The number of aliphatic carboxylic acids is 1. The summed E-state index contributed by atoms with van der Waals surface area (Å²) in [4.78, 5) is 24.1. The highest BCUT2D eigenvalue weighted by molar-refractivity contribution is 5.88. The fraction of sp³-hybridized carbons (Fsp3) is 0.238. The monoisotopic (exact) mass is 335 g/mol. The lowest BCUT2D eigenvalue weighted by Gasteiger charge is -2.16. The van der Waals surface area contributed by atoms with Gasteiger partial charge in [0.25, 0.3) is 5.56 Å². The fourth-order valence-electron chi connectivity index (χ4n) is 3.08. The van der Waals surface area contributed by atoms with E-state index in [0.29, 0.717) is 12.1 Å². The first-order chi connectivity index (χ1) is 12.0. The van der Waals surface area contributed by atoms with Crippen molar-refractivity contribution in [2.45, 2.75) is 32.7 Å². The Morgan fingerprint density at radius 2 is 1.72 bits per heavy atom. The predicted molar refractivity (Wildman–Crippen MR) is 99.2 cm³/mol. The van der Waals surface area contributed by atoms with Crippen LogP contribution in [0.4, 0.5) is 0 Å². The van der Waals surface area contributed by atoms with Crippen molar-refractivity contribution in [1.29, 1.82) is 0 Å². The molecule has 0 aliphatic heterocycles. The SMILES string of the molecule is CCc1ccc(Cn2c(=O)cc(C(C)C(=O)O)c3ccccc32)cc1. The molecule has 0 fully saturated rings. The highest BCUT2D eigenvalue weighted by Gasteiger charge is 2.19. The van der Waals surface area contributed by atoms with Crippen LogP contribution in [0.15, 0.2) is 59.4 Å². The molecule has 0 aliphatic rings. The van der Waals surface area contributed by atoms with Crippen LogP contribution in [0.2, 0.25) is 0 Å². The Kier molecular flexibility index (Phi) is 4.70. The van der Waals surface area contributed by atoms with Crippen molar-refractivity contribution in [1.82, 2.24) is 4.57 Å². The number of rotatable bonds is 5. The van der Waals surface area contributed by atoms with Crippen molar-refractivity contribution < 1.29 is 9.90 Å². The van der Waals surface area contributed by atoms with Gasteiger partial charge in [0.1, 0.15) is 0 Å². The van der Waals surface area contributed by atoms with Gasteiger partial charge in [-0.15, -0.1) is 0 Å². The Morgan fingerprint density at radius 3 is 2.36 bits per heavy atom. The Bertz CT molecular complexity index is 971. The van der Waals surface area contributed by atoms with Crippen molar-refractivity contribution >= 4 is 16.9 Å². The number of nitrogens with zero attached hydrogens (tertiary/aromatic N) is 1. The molecule has 3 aromatic rings. The smallest absolute Gasteiger partial charge is 0.310 e. The average Bonchev–Trinajstić information content (AvgIpc) is 2.63. The number of hydrogen-bond acceptors (Lipinski definition) is 2. The van der Waals surface area contributed by atoms with E-state index in [0.717, 1.165) is 22.9 Å². The normalized spacial score (nSPS) is 12.2. The van der Waals surface area contributed by atoms with Crippen LogP contribution in [-0.2, 0) is 17.8 Å². The Morgan fingerprint density at radius 1 is 1.08 bits per heavy atom. The number of carboxylic acid groups (broad SMARTS) is 1. The van der Waals surface area contributed by atoms with Gasteiger partial charge in [-0.05, 0) is 36.1 Å². The summed E-state index contributed by atoms with van der Waals surface area (Å²) >= 11 is 0. The van der Waals surface area contributed by atoms with Gasteiger partial charge in [0.2, 0.25) is 0 Å². The molecular formula is C21H21NO3. The number of carbonyl (C=O) groups is 1. The number of aryl methyl sites for hydroxylation is 1. The third-order valence-electron chi connectivity index (χ3n) is 4.66. The van der Waals surface area contributed by atoms with Gasteiger partial charge in [0, 0.05) is 11.5 Å². The molecule has 0 aliphatic carbocycles. The zero-order chi connectivity index (χ0) is 18.0. The molecule has 1 heterocycles. The van der Waals surface area contributed by atoms with Crippen molar-refractivity contribution in [2.75, 3.05) is 0 Å². The third kappa shape index (κ3) is 3.33. The average molecular weight is 335 g/mol. The first kappa shape index (κ1) is 17.0. The summed E-state index contributed by atoms with van der Waals surface area (Å²) in [5.74, 6) is -1.66. The molecule has 128 valence electrons. The second-order valence-corrected chi connectivity index (χ2v) is 6.27. The Labute approximate surface area is 146 Å². The van der Waals surface area contributed by atoms with Gasteiger partial charge in [0.15, 0.2) is 0 Å². The molecule has 0 spiro atoms. The van der Waals surface area contributed by atoms with Crippen molar-refractivity contribution in [3.8, 4) is 0 Å². The molecule has 1 unspecified atom stereocenters. The van der Waals surface area contributed by atoms with Crippen molar-refractivity contribution in [3.63, 3.8) is 0 Å². The topological polar surface area (TPSA) is 59.3 Å². The number of carboxylic acids is 1. The molecule has 0 radical (unpaired) electrons. The molecule has 2 aromatic carbocycles. The summed E-state index contributed by atoms with van der Waals surface area (Å²) in [5.41, 5.74) is 3.44. The van der Waals surface area contributed by atoms with Gasteiger partial charge in [0.05, 0.1) is 18.0 Å². The summed E-state index contributed by atoms with van der Waals surface area (Å²) in [6.45, 7) is 4.18. The van der Waals surface area contributed by atoms with Crippen LogP contribution < -0.4 is 5.56 Å². The van der Waals surface area contributed by atoms with Gasteiger partial charge >= 0.3 is 5.97 Å². The number of hydrogen-bond donors (Lipinski definition) is 1. The van der Waals surface area contributed by atoms with Gasteiger partial charge in [-0.25, -0.2) is 0 Å². The second-order valence-electron chi connectivity index (χ2n) is 6.27. The Hall–Kier alpha value is -2.88. The van der Waals surface area contributed by atoms with Crippen molar-refractivity contribution in [2.24, 2.45) is 0 Å². The molecule has 3 rings (SSSR count). The lowest BCUT2D eigenvalue weighted by Crippen LogP contribution is -2.23. The highest BCUT2D eigenvalue weighted by atomic mass is 16.4. The second kappa shape index (κ2) is 6.93. The van der Waals surface area contributed by atoms with Crippen LogP contribution in [0.5, 0.6) is 0 Å². The number of aromatic nitrogens is 1. The maximum atomic E-state index is 12.7. The van der Waals surface area contributed by atoms with E-state index in [9.17, 15) is 14.7 Å². The molecular weight excluding hydrogens is 314 g/mol. The van der Waals surface area contributed by atoms with Crippen LogP contribution in [0, 0.1) is 0 Å². The lowest BCUT2D eigenvalue weighted by molar-refractivity contribution is -0.138. The summed E-state index contributed by atoms with van der Waals surface area (Å²) in [6, 6.07) is 17.2. The fourth-order valence-corrected chi connectivity index (χ4v) is 3.08. The molecule has 1 N–H and O–H groups in total. The van der Waals surface area contributed by atoms with E-state index >= 15 is 0 Å². The maximum Gasteiger partial charge on any atom is 0.310 e. The van der Waals surface area contributed by atoms with E-state index in [2.05, 4.69) is 19.1 Å². The number of pyridine rings is 1. The molecule has 0 bridgehead atoms. The van der Waals surface area contributed by atoms with Crippen LogP contribution in [0.25, 0.3) is 10.9 Å². The zero-order valence-corrected chi connectivity index (χ0v) is 14.4. The minimum Gasteiger partial charge on any atom is -0.481 e. The first-order valence-electron chi connectivity index (χ1n) is 8.44. The molecule has 25 heavy (non-hydrogen) atoms. The molecule has 4 heteroatoms. The highest BCUT2D eigenvalue weighted by Crippen LogP contribution is 2.24. The largest absolute Gasteiger partial charge is 0.481 e. The molecule has 1 atom stereocenters. The van der Waals surface area contributed by atoms with Crippen LogP contribution in [-0.4, -0.2) is 15.6 Å². The van der Waals surface area contributed by atoms with E-state index in [1.807, 2.05) is 36.4 Å². The minimum absolute atomic E-state index is 0.179. The molecule has 0 saturated carbocycles. The van der Waals surface area contributed by atoms with E-state index in [-0.39, 0.29) is 5.56 Å². The molecule has 0 saturated heterocycles. The third-order valence-corrected chi connectivity index (χ3v) is 4.66. The summed E-state index contributed by atoms with van der Waals surface area (Å²) in [6.07, 6.45) is 0.977. The summed E-state index contributed by atoms with van der Waals surface area (Å²) in [5, 5.41) is 10.1. The Balaban J connectivity index is 2.12. The van der Waals surface area contributed by atoms with E-state index in [1.165, 1.54) is 11.6 Å². The minimum atomic E-state index is -0.933. The first-order valence-corrected chi connectivity index (χ1v) is 8.44. The van der Waals surface area contributed by atoms with E-state index in [1.54, 1.807) is 11.5 Å². The van der Waals surface area contributed by atoms with Crippen molar-refractivity contribution in [3.05, 3.63) is 81.6 Å². The van der Waals surface area contributed by atoms with Crippen LogP contribution in [0.1, 0.15) is 36.5 Å². The maximum absolute atomic E-state index is 12.7. The standard InChI is InChI=1S/C21H21NO3/c1-3-15-8-10-16(11-9-15)13-22-19-7-5-4-6-17(19)18(12-20(22)23)14(2)21(24)25/h4-12,14H,3,13H2,1-2H3,(H,24,25). The quantitative estimate of drug-likeness (QED) is 0.771. The summed E-state index contributed by atoms with van der Waals surface area (Å²) < 4.78 is 1.70. The van der Waals surface area contributed by atoms with Crippen LogP contribution >= 0.6 is 0 Å². The summed E-state index contributed by atoms with van der Waals surface area (Å²) in [7, 11) is 0. The van der Waals surface area contributed by atoms with E-state index < -0.39 is 11.9 Å².